The van der Waals surface area contributed by atoms with Crippen LogP contribution in [0, 0.1) is 17.1 Å². The zero-order valence-corrected chi connectivity index (χ0v) is 18.5. The number of nitrogens with one attached hydrogen (secondary N) is 2. The molecular formula is C21H16Cl2FN3O3S. The number of hydrogen-bond donors (Lipinski definition) is 2. The van der Waals surface area contributed by atoms with Gasteiger partial charge in [-0.15, -0.1) is 0 Å². The molecule has 0 bridgehead atoms. The third-order valence-corrected chi connectivity index (χ3v) is 6.09. The van der Waals surface area contributed by atoms with E-state index in [0.717, 1.165) is 17.8 Å². The highest BCUT2D eigenvalue weighted by Crippen LogP contribution is 2.38. The molecule has 0 aromatic heterocycles. The molecule has 160 valence electrons. The Bertz CT molecular complexity index is 1120. The van der Waals surface area contributed by atoms with Gasteiger partial charge < -0.3 is 15.4 Å². The molecule has 2 amide bonds. The van der Waals surface area contributed by atoms with Crippen LogP contribution in [0.5, 0.6) is 5.75 Å². The molecule has 0 unspecified atom stereocenters. The number of methoxy groups -OCH3 is 1. The SMILES string of the molecule is COc1ccc([C@H]2CC(=O)NC(SCC(=O)Nc3ccc(F)c(Cl)c3)=C2C#N)cc1Cl. The van der Waals surface area contributed by atoms with Crippen molar-refractivity contribution >= 4 is 52.5 Å². The van der Waals surface area contributed by atoms with E-state index in [1.54, 1.807) is 18.2 Å². The zero-order valence-electron chi connectivity index (χ0n) is 16.2. The molecule has 2 aromatic carbocycles. The second-order valence-electron chi connectivity index (χ2n) is 6.52. The number of ether oxygens (including phenoxy) is 1. The van der Waals surface area contributed by atoms with Crippen LogP contribution < -0.4 is 15.4 Å². The number of amides is 2. The van der Waals surface area contributed by atoms with Crippen molar-refractivity contribution in [2.24, 2.45) is 0 Å². The van der Waals surface area contributed by atoms with Gasteiger partial charge >= 0.3 is 0 Å². The summed E-state index contributed by atoms with van der Waals surface area (Å²) in [4.78, 5) is 24.5. The Morgan fingerprint density at radius 1 is 1.32 bits per heavy atom. The number of benzene rings is 2. The first-order chi connectivity index (χ1) is 14.8. The highest BCUT2D eigenvalue weighted by molar-refractivity contribution is 8.03. The quantitative estimate of drug-likeness (QED) is 0.617. The molecule has 0 aliphatic carbocycles. The van der Waals surface area contributed by atoms with Crippen molar-refractivity contribution in [1.29, 1.82) is 5.26 Å². The van der Waals surface area contributed by atoms with E-state index < -0.39 is 17.6 Å². The van der Waals surface area contributed by atoms with Crippen LogP contribution in [-0.4, -0.2) is 24.7 Å². The molecule has 0 saturated carbocycles. The fourth-order valence-corrected chi connectivity index (χ4v) is 4.35. The molecule has 1 heterocycles. The van der Waals surface area contributed by atoms with Gasteiger partial charge in [0, 0.05) is 18.0 Å². The summed E-state index contributed by atoms with van der Waals surface area (Å²) in [5.41, 5.74) is 1.37. The second kappa shape index (κ2) is 10.1. The lowest BCUT2D eigenvalue weighted by Gasteiger charge is -2.25. The van der Waals surface area contributed by atoms with Gasteiger partial charge in [0.25, 0.3) is 0 Å². The van der Waals surface area contributed by atoms with Gasteiger partial charge in [-0.2, -0.15) is 5.26 Å². The Balaban J connectivity index is 1.77. The molecule has 0 radical (unpaired) electrons. The molecule has 10 heteroatoms. The molecule has 2 aromatic rings. The van der Waals surface area contributed by atoms with Crippen LogP contribution >= 0.6 is 35.0 Å². The Hall–Kier alpha value is -2.73. The lowest BCUT2D eigenvalue weighted by molar-refractivity contribution is -0.121. The van der Waals surface area contributed by atoms with Gasteiger partial charge in [0.2, 0.25) is 11.8 Å². The lowest BCUT2D eigenvalue weighted by Crippen LogP contribution is -2.31. The first kappa shape index (κ1) is 22.9. The molecule has 1 aliphatic heterocycles. The van der Waals surface area contributed by atoms with E-state index in [2.05, 4.69) is 16.7 Å². The summed E-state index contributed by atoms with van der Waals surface area (Å²) in [5.74, 6) is -1.35. The summed E-state index contributed by atoms with van der Waals surface area (Å²) >= 11 is 12.9. The van der Waals surface area contributed by atoms with E-state index in [4.69, 9.17) is 27.9 Å². The van der Waals surface area contributed by atoms with Crippen LogP contribution in [0.2, 0.25) is 10.0 Å². The average Bonchev–Trinajstić information content (AvgIpc) is 2.74. The van der Waals surface area contributed by atoms with E-state index in [-0.39, 0.29) is 23.1 Å². The monoisotopic (exact) mass is 479 g/mol. The molecule has 31 heavy (non-hydrogen) atoms. The van der Waals surface area contributed by atoms with E-state index in [1.807, 2.05) is 0 Å². The van der Waals surface area contributed by atoms with Crippen LogP contribution in [0.1, 0.15) is 17.9 Å². The third kappa shape index (κ3) is 5.50. The Kier molecular flexibility index (Phi) is 7.44. The summed E-state index contributed by atoms with van der Waals surface area (Å²) in [6.07, 6.45) is 0.0793. The first-order valence-corrected chi connectivity index (χ1v) is 10.7. The number of anilines is 1. The molecule has 2 N–H and O–H groups in total. The number of carbonyl (C=O) groups is 2. The van der Waals surface area contributed by atoms with E-state index in [1.165, 1.54) is 19.2 Å². The molecule has 0 fully saturated rings. The molecular weight excluding hydrogens is 464 g/mol. The number of nitrogens with zero attached hydrogens (tertiary/aromatic N) is 1. The Morgan fingerprint density at radius 3 is 2.74 bits per heavy atom. The number of nitriles is 1. The van der Waals surface area contributed by atoms with Crippen molar-refractivity contribution in [2.45, 2.75) is 12.3 Å². The van der Waals surface area contributed by atoms with Crippen LogP contribution in [0.3, 0.4) is 0 Å². The summed E-state index contributed by atoms with van der Waals surface area (Å²) in [7, 11) is 1.50. The van der Waals surface area contributed by atoms with Crippen LogP contribution in [0.15, 0.2) is 47.0 Å². The summed E-state index contributed by atoms with van der Waals surface area (Å²) in [6.45, 7) is 0. The summed E-state index contributed by atoms with van der Waals surface area (Å²) in [6, 6.07) is 11.0. The highest BCUT2D eigenvalue weighted by Gasteiger charge is 2.30. The number of halogens is 3. The first-order valence-electron chi connectivity index (χ1n) is 8.97. The predicted molar refractivity (Wildman–Crippen MR) is 119 cm³/mol. The van der Waals surface area contributed by atoms with Crippen molar-refractivity contribution in [2.75, 3.05) is 18.2 Å². The number of hydrogen-bond acceptors (Lipinski definition) is 5. The maximum absolute atomic E-state index is 13.2. The zero-order chi connectivity index (χ0) is 22.5. The minimum Gasteiger partial charge on any atom is -0.495 e. The van der Waals surface area contributed by atoms with Gasteiger partial charge in [-0.05, 0) is 35.9 Å². The van der Waals surface area contributed by atoms with Crippen molar-refractivity contribution in [3.05, 3.63) is 68.4 Å². The summed E-state index contributed by atoms with van der Waals surface area (Å²) < 4.78 is 18.4. The number of rotatable bonds is 6. The predicted octanol–water partition coefficient (Wildman–Crippen LogP) is 4.85. The molecule has 6 nitrogen and oxygen atoms in total. The van der Waals surface area contributed by atoms with Crippen molar-refractivity contribution in [3.8, 4) is 11.8 Å². The lowest BCUT2D eigenvalue weighted by atomic mass is 9.87. The Labute approximate surface area is 192 Å². The van der Waals surface area contributed by atoms with Gasteiger partial charge in [-0.25, -0.2) is 4.39 Å². The van der Waals surface area contributed by atoms with E-state index >= 15 is 0 Å². The topological polar surface area (TPSA) is 91.2 Å². The fourth-order valence-electron chi connectivity index (χ4n) is 3.03. The maximum Gasteiger partial charge on any atom is 0.234 e. The third-order valence-electron chi connectivity index (χ3n) is 4.49. The second-order valence-corrected chi connectivity index (χ2v) is 8.32. The highest BCUT2D eigenvalue weighted by atomic mass is 35.5. The molecule has 0 saturated heterocycles. The maximum atomic E-state index is 13.2. The normalized spacial score (nSPS) is 15.8. The minimum atomic E-state index is -0.590. The minimum absolute atomic E-state index is 0.0775. The largest absolute Gasteiger partial charge is 0.495 e. The molecule has 1 atom stereocenters. The van der Waals surface area contributed by atoms with Gasteiger partial charge in [-0.3, -0.25) is 9.59 Å². The van der Waals surface area contributed by atoms with Crippen molar-refractivity contribution < 1.29 is 18.7 Å². The number of thioether (sulfide) groups is 1. The van der Waals surface area contributed by atoms with Crippen molar-refractivity contribution in [1.82, 2.24) is 5.32 Å². The molecule has 0 spiro atoms. The fraction of sp³-hybridized carbons (Fsp3) is 0.190. The van der Waals surface area contributed by atoms with E-state index in [0.29, 0.717) is 32.6 Å². The molecule has 1 aliphatic rings. The number of allylic oxidation sites excluding steroid dienone is 1. The average molecular weight is 480 g/mol. The van der Waals surface area contributed by atoms with Gasteiger partial charge in [0.05, 0.1) is 39.6 Å². The molecule has 3 rings (SSSR count). The summed E-state index contributed by atoms with van der Waals surface area (Å²) in [5, 5.41) is 15.6. The van der Waals surface area contributed by atoms with Gasteiger partial charge in [0.15, 0.2) is 0 Å². The Morgan fingerprint density at radius 2 is 2.10 bits per heavy atom. The van der Waals surface area contributed by atoms with Crippen LogP contribution in [0.25, 0.3) is 0 Å². The van der Waals surface area contributed by atoms with Crippen molar-refractivity contribution in [3.63, 3.8) is 0 Å². The standard InChI is InChI=1S/C21H16Cl2FN3O3S/c1-30-18-5-2-11(6-16(18)23)13-8-19(28)27-21(14(13)9-25)31-10-20(29)26-12-3-4-17(24)15(22)7-12/h2-7,13H,8,10H2,1H3,(H,26,29)(H,27,28)/t13-/m1/s1. The van der Waals surface area contributed by atoms with Gasteiger partial charge in [-0.1, -0.05) is 41.0 Å². The van der Waals surface area contributed by atoms with Gasteiger partial charge in [0.1, 0.15) is 11.6 Å². The smallest absolute Gasteiger partial charge is 0.234 e. The van der Waals surface area contributed by atoms with E-state index in [9.17, 15) is 19.2 Å². The number of carbonyl (C=O) groups excluding carboxylic acids is 2. The van der Waals surface area contributed by atoms with Crippen LogP contribution in [0.4, 0.5) is 10.1 Å². The van der Waals surface area contributed by atoms with Crippen LogP contribution in [-0.2, 0) is 9.59 Å².